The molecule has 130 valence electrons. The van der Waals surface area contributed by atoms with Crippen LogP contribution in [0.4, 0.5) is 5.69 Å². The average molecular weight is 364 g/mol. The van der Waals surface area contributed by atoms with E-state index in [1.807, 2.05) is 0 Å². The van der Waals surface area contributed by atoms with Crippen molar-refractivity contribution in [3.05, 3.63) is 58.6 Å². The fourth-order valence-corrected chi connectivity index (χ4v) is 2.12. The van der Waals surface area contributed by atoms with E-state index in [1.165, 1.54) is 49.6 Å². The highest BCUT2D eigenvalue weighted by atomic mass is 35.5. The molecule has 2 aromatic rings. The van der Waals surface area contributed by atoms with Crippen molar-refractivity contribution in [2.24, 2.45) is 0 Å². The van der Waals surface area contributed by atoms with E-state index in [-0.39, 0.29) is 22.9 Å². The molecule has 8 heteroatoms. The number of anilines is 1. The summed E-state index contributed by atoms with van der Waals surface area (Å²) < 4.78 is 9.82. The molecule has 7 nitrogen and oxygen atoms in total. The first-order valence-corrected chi connectivity index (χ1v) is 7.42. The Morgan fingerprint density at radius 2 is 1.80 bits per heavy atom. The van der Waals surface area contributed by atoms with Crippen LogP contribution in [0.25, 0.3) is 0 Å². The summed E-state index contributed by atoms with van der Waals surface area (Å²) in [6.45, 7) is -0.388. The number of hydrogen-bond acceptors (Lipinski definition) is 5. The van der Waals surface area contributed by atoms with Crippen molar-refractivity contribution < 1.29 is 29.0 Å². The van der Waals surface area contributed by atoms with Crippen LogP contribution in [0.2, 0.25) is 5.02 Å². The minimum Gasteiger partial charge on any atom is -0.483 e. The van der Waals surface area contributed by atoms with Crippen molar-refractivity contribution in [3.8, 4) is 5.75 Å². The molecule has 0 fully saturated rings. The van der Waals surface area contributed by atoms with Crippen molar-refractivity contribution in [3.63, 3.8) is 0 Å². The Bertz CT molecular complexity index is 803. The third-order valence-corrected chi connectivity index (χ3v) is 3.36. The van der Waals surface area contributed by atoms with E-state index in [4.69, 9.17) is 21.4 Å². The number of carboxylic acids is 1. The molecule has 0 heterocycles. The van der Waals surface area contributed by atoms with Crippen LogP contribution >= 0.6 is 11.6 Å². The summed E-state index contributed by atoms with van der Waals surface area (Å²) in [5.41, 5.74) is 0.669. The van der Waals surface area contributed by atoms with E-state index in [0.717, 1.165) is 0 Å². The quantitative estimate of drug-likeness (QED) is 0.765. The number of rotatable bonds is 6. The fraction of sp³-hybridized carbons (Fsp3) is 0.118. The fourth-order valence-electron chi connectivity index (χ4n) is 1.94. The number of carbonyl (C=O) groups excluding carboxylic acids is 2. The van der Waals surface area contributed by atoms with Gasteiger partial charge in [0.05, 0.1) is 12.7 Å². The van der Waals surface area contributed by atoms with Gasteiger partial charge < -0.3 is 19.9 Å². The normalized spacial score (nSPS) is 10.0. The van der Waals surface area contributed by atoms with Crippen molar-refractivity contribution in [1.82, 2.24) is 0 Å². The number of amides is 1. The van der Waals surface area contributed by atoms with Crippen LogP contribution < -0.4 is 10.1 Å². The summed E-state index contributed by atoms with van der Waals surface area (Å²) in [7, 11) is 1.28. The van der Waals surface area contributed by atoms with Gasteiger partial charge in [0.1, 0.15) is 11.3 Å². The standard InChI is InChI=1S/C17H14ClNO6/c1-24-17(23)10-2-5-12(6-3-10)19-15(20)9-25-14-7-4-11(18)8-13(14)16(21)22/h2-8H,9H2,1H3,(H,19,20)(H,21,22). The second-order valence-corrected chi connectivity index (χ2v) is 5.29. The Balaban J connectivity index is 1.97. The van der Waals surface area contributed by atoms with Gasteiger partial charge in [-0.3, -0.25) is 4.79 Å². The average Bonchev–Trinajstić information content (AvgIpc) is 2.60. The molecule has 0 aliphatic carbocycles. The molecule has 0 saturated carbocycles. The number of benzene rings is 2. The smallest absolute Gasteiger partial charge is 0.339 e. The summed E-state index contributed by atoms with van der Waals surface area (Å²) in [4.78, 5) is 34.4. The molecule has 0 aromatic heterocycles. The number of aromatic carboxylic acids is 1. The third-order valence-electron chi connectivity index (χ3n) is 3.12. The topological polar surface area (TPSA) is 102 Å². The third kappa shape index (κ3) is 4.95. The van der Waals surface area contributed by atoms with E-state index >= 15 is 0 Å². The zero-order chi connectivity index (χ0) is 18.4. The van der Waals surface area contributed by atoms with Crippen molar-refractivity contribution in [2.45, 2.75) is 0 Å². The lowest BCUT2D eigenvalue weighted by molar-refractivity contribution is -0.118. The largest absolute Gasteiger partial charge is 0.483 e. The van der Waals surface area contributed by atoms with Crippen LogP contribution in [0.5, 0.6) is 5.75 Å². The monoisotopic (exact) mass is 363 g/mol. The Morgan fingerprint density at radius 3 is 2.40 bits per heavy atom. The first kappa shape index (κ1) is 18.3. The molecule has 0 unspecified atom stereocenters. The van der Waals surface area contributed by atoms with E-state index in [9.17, 15) is 14.4 Å². The van der Waals surface area contributed by atoms with E-state index in [1.54, 1.807) is 0 Å². The molecular weight excluding hydrogens is 350 g/mol. The zero-order valence-corrected chi connectivity index (χ0v) is 13.9. The maximum Gasteiger partial charge on any atom is 0.339 e. The van der Waals surface area contributed by atoms with Crippen LogP contribution in [0, 0.1) is 0 Å². The van der Waals surface area contributed by atoms with E-state index < -0.39 is 17.8 Å². The van der Waals surface area contributed by atoms with Crippen molar-refractivity contribution in [1.29, 1.82) is 0 Å². The van der Waals surface area contributed by atoms with Gasteiger partial charge in [0.15, 0.2) is 6.61 Å². The molecule has 2 aromatic carbocycles. The van der Waals surface area contributed by atoms with Crippen LogP contribution in [-0.4, -0.2) is 36.7 Å². The summed E-state index contributed by atoms with van der Waals surface area (Å²) in [6, 6.07) is 10.2. The van der Waals surface area contributed by atoms with Gasteiger partial charge >= 0.3 is 11.9 Å². The molecular formula is C17H14ClNO6. The summed E-state index contributed by atoms with van der Waals surface area (Å²) in [6.07, 6.45) is 0. The highest BCUT2D eigenvalue weighted by Crippen LogP contribution is 2.23. The number of methoxy groups -OCH3 is 1. The molecule has 0 spiro atoms. The van der Waals surface area contributed by atoms with Gasteiger partial charge in [-0.25, -0.2) is 9.59 Å². The molecule has 1 amide bonds. The molecule has 2 rings (SSSR count). The molecule has 0 atom stereocenters. The van der Waals surface area contributed by atoms with Gasteiger partial charge in [-0.2, -0.15) is 0 Å². The van der Waals surface area contributed by atoms with Gasteiger partial charge in [0.2, 0.25) is 0 Å². The Kier molecular flexibility index (Phi) is 5.97. The minimum atomic E-state index is -1.21. The van der Waals surface area contributed by atoms with Crippen LogP contribution in [0.1, 0.15) is 20.7 Å². The van der Waals surface area contributed by atoms with Crippen molar-refractivity contribution >= 4 is 35.1 Å². The number of esters is 1. The predicted octanol–water partition coefficient (Wildman–Crippen LogP) is 2.84. The molecule has 0 saturated heterocycles. The SMILES string of the molecule is COC(=O)c1ccc(NC(=O)COc2ccc(Cl)cc2C(=O)O)cc1. The Hall–Kier alpha value is -3.06. The first-order chi connectivity index (χ1) is 11.9. The maximum atomic E-state index is 11.9. The number of halogens is 1. The Morgan fingerprint density at radius 1 is 1.12 bits per heavy atom. The molecule has 0 bridgehead atoms. The molecule has 0 aliphatic heterocycles. The first-order valence-electron chi connectivity index (χ1n) is 7.04. The molecule has 0 radical (unpaired) electrons. The molecule has 0 aliphatic rings. The highest BCUT2D eigenvalue weighted by Gasteiger charge is 2.13. The van der Waals surface area contributed by atoms with Gasteiger partial charge in [-0.15, -0.1) is 0 Å². The highest BCUT2D eigenvalue weighted by molar-refractivity contribution is 6.31. The van der Waals surface area contributed by atoms with E-state index in [2.05, 4.69) is 10.1 Å². The summed E-state index contributed by atoms with van der Waals surface area (Å²) in [5, 5.41) is 11.9. The lowest BCUT2D eigenvalue weighted by atomic mass is 10.2. The zero-order valence-electron chi connectivity index (χ0n) is 13.1. The van der Waals surface area contributed by atoms with Crippen molar-refractivity contribution in [2.75, 3.05) is 19.0 Å². The number of carbonyl (C=O) groups is 3. The number of nitrogens with one attached hydrogen (secondary N) is 1. The van der Waals surface area contributed by atoms with Gasteiger partial charge in [0, 0.05) is 10.7 Å². The Labute approximate surface area is 148 Å². The maximum absolute atomic E-state index is 11.9. The van der Waals surface area contributed by atoms with Gasteiger partial charge in [0.25, 0.3) is 5.91 Å². The van der Waals surface area contributed by atoms with E-state index in [0.29, 0.717) is 11.3 Å². The van der Waals surface area contributed by atoms with Gasteiger partial charge in [-0.1, -0.05) is 11.6 Å². The number of carboxylic acid groups (broad SMARTS) is 1. The lowest BCUT2D eigenvalue weighted by Gasteiger charge is -2.10. The van der Waals surface area contributed by atoms with Gasteiger partial charge in [-0.05, 0) is 42.5 Å². The second-order valence-electron chi connectivity index (χ2n) is 4.85. The van der Waals surface area contributed by atoms with Crippen LogP contribution in [0.3, 0.4) is 0 Å². The van der Waals surface area contributed by atoms with Crippen LogP contribution in [-0.2, 0) is 9.53 Å². The second kappa shape index (κ2) is 8.16. The lowest BCUT2D eigenvalue weighted by Crippen LogP contribution is -2.21. The minimum absolute atomic E-state index is 0.0353. The van der Waals surface area contributed by atoms with Crippen LogP contribution in [0.15, 0.2) is 42.5 Å². The molecule has 25 heavy (non-hydrogen) atoms. The summed E-state index contributed by atoms with van der Waals surface area (Å²) >= 11 is 5.75. The molecule has 2 N–H and O–H groups in total. The summed E-state index contributed by atoms with van der Waals surface area (Å²) in [5.74, 6) is -2.15. The number of ether oxygens (including phenoxy) is 2. The number of hydrogen-bond donors (Lipinski definition) is 2. The predicted molar refractivity (Wildman–Crippen MR) is 90.3 cm³/mol.